The van der Waals surface area contributed by atoms with Gasteiger partial charge in [0.1, 0.15) is 18.5 Å². The Bertz CT molecular complexity index is 757. The first kappa shape index (κ1) is 17.0. The van der Waals surface area contributed by atoms with Gasteiger partial charge in [0.25, 0.3) is 0 Å². The van der Waals surface area contributed by atoms with Crippen molar-refractivity contribution in [2.24, 2.45) is 7.05 Å². The Morgan fingerprint density at radius 1 is 1.32 bits per heavy atom. The lowest BCUT2D eigenvalue weighted by molar-refractivity contribution is -0.120. The summed E-state index contributed by atoms with van der Waals surface area (Å²) < 4.78 is 6.97. The number of amides is 2. The summed E-state index contributed by atoms with van der Waals surface area (Å²) in [6.45, 7) is 2.58. The molecule has 0 bridgehead atoms. The van der Waals surface area contributed by atoms with Crippen molar-refractivity contribution in [1.29, 1.82) is 0 Å². The lowest BCUT2D eigenvalue weighted by Gasteiger charge is -2.23. The Kier molecular flexibility index (Phi) is 5.02. The smallest absolute Gasteiger partial charge is 0.410 e. The summed E-state index contributed by atoms with van der Waals surface area (Å²) in [5.41, 5.74) is 1.74. The third-order valence-electron chi connectivity index (χ3n) is 4.25. The molecular weight excluding hydrogens is 320 g/mol. The van der Waals surface area contributed by atoms with Crippen LogP contribution in [0.4, 0.5) is 10.6 Å². The van der Waals surface area contributed by atoms with E-state index in [1.165, 1.54) is 4.90 Å². The van der Waals surface area contributed by atoms with Crippen molar-refractivity contribution in [2.75, 3.05) is 11.9 Å². The topological polar surface area (TPSA) is 76.5 Å². The van der Waals surface area contributed by atoms with Crippen LogP contribution in [-0.4, -0.2) is 39.3 Å². The van der Waals surface area contributed by atoms with E-state index in [9.17, 15) is 9.59 Å². The molecule has 7 nitrogen and oxygen atoms in total. The second-order valence-corrected chi connectivity index (χ2v) is 6.18. The summed E-state index contributed by atoms with van der Waals surface area (Å²) in [6, 6.07) is 10.8. The standard InChI is InChI=1S/C18H22N4O3/c1-13-11-16(21(2)20-13)19-17(23)15-9-6-10-22(15)18(24)25-12-14-7-4-3-5-8-14/h3-5,7-8,11,15H,6,9-10,12H2,1-2H3,(H,19,23). The molecule has 1 aromatic heterocycles. The van der Waals surface area contributed by atoms with Gasteiger partial charge in [0.15, 0.2) is 0 Å². The third-order valence-corrected chi connectivity index (χ3v) is 4.25. The highest BCUT2D eigenvalue weighted by molar-refractivity contribution is 5.96. The second-order valence-electron chi connectivity index (χ2n) is 6.18. The van der Waals surface area contributed by atoms with Gasteiger partial charge >= 0.3 is 6.09 Å². The van der Waals surface area contributed by atoms with Crippen LogP contribution >= 0.6 is 0 Å². The molecular formula is C18H22N4O3. The van der Waals surface area contributed by atoms with E-state index in [1.54, 1.807) is 17.8 Å². The number of aromatic nitrogens is 2. The molecule has 1 N–H and O–H groups in total. The van der Waals surface area contributed by atoms with E-state index in [4.69, 9.17) is 4.74 Å². The molecule has 1 unspecified atom stereocenters. The van der Waals surface area contributed by atoms with E-state index in [2.05, 4.69) is 10.4 Å². The molecule has 2 heterocycles. The van der Waals surface area contributed by atoms with Gasteiger partial charge in [-0.15, -0.1) is 0 Å². The fraction of sp³-hybridized carbons (Fsp3) is 0.389. The molecule has 1 fully saturated rings. The Labute approximate surface area is 146 Å². The maximum Gasteiger partial charge on any atom is 0.410 e. The number of hydrogen-bond acceptors (Lipinski definition) is 4. The van der Waals surface area contributed by atoms with Crippen molar-refractivity contribution in [3.05, 3.63) is 47.7 Å². The van der Waals surface area contributed by atoms with Crippen molar-refractivity contribution < 1.29 is 14.3 Å². The molecule has 2 amide bonds. The molecule has 0 radical (unpaired) electrons. The second kappa shape index (κ2) is 7.38. The number of carbonyl (C=O) groups is 2. The third kappa shape index (κ3) is 3.99. The molecule has 1 aliphatic rings. The number of benzene rings is 1. The van der Waals surface area contributed by atoms with Crippen LogP contribution in [0.3, 0.4) is 0 Å². The maximum atomic E-state index is 12.6. The molecule has 1 aromatic carbocycles. The first-order chi connectivity index (χ1) is 12.0. The van der Waals surface area contributed by atoms with E-state index < -0.39 is 12.1 Å². The van der Waals surface area contributed by atoms with Gasteiger partial charge < -0.3 is 10.1 Å². The van der Waals surface area contributed by atoms with Crippen LogP contribution in [0.1, 0.15) is 24.1 Å². The van der Waals surface area contributed by atoms with Crippen LogP contribution in [0.25, 0.3) is 0 Å². The molecule has 3 rings (SSSR count). The Morgan fingerprint density at radius 2 is 2.08 bits per heavy atom. The van der Waals surface area contributed by atoms with Crippen molar-refractivity contribution in [1.82, 2.24) is 14.7 Å². The molecule has 1 atom stereocenters. The fourth-order valence-corrected chi connectivity index (χ4v) is 3.00. The monoisotopic (exact) mass is 342 g/mol. The van der Waals surface area contributed by atoms with E-state index in [0.717, 1.165) is 17.7 Å². The van der Waals surface area contributed by atoms with Crippen LogP contribution in [0.15, 0.2) is 36.4 Å². The first-order valence-electron chi connectivity index (χ1n) is 8.33. The number of likely N-dealkylation sites (tertiary alicyclic amines) is 1. The average molecular weight is 342 g/mol. The minimum absolute atomic E-state index is 0.200. The van der Waals surface area contributed by atoms with Crippen molar-refractivity contribution in [3.8, 4) is 0 Å². The Balaban J connectivity index is 1.60. The largest absolute Gasteiger partial charge is 0.445 e. The summed E-state index contributed by atoms with van der Waals surface area (Å²) in [7, 11) is 1.77. The van der Waals surface area contributed by atoms with Crippen molar-refractivity contribution in [3.63, 3.8) is 0 Å². The van der Waals surface area contributed by atoms with Gasteiger partial charge in [0, 0.05) is 19.7 Å². The normalized spacial score (nSPS) is 16.7. The summed E-state index contributed by atoms with van der Waals surface area (Å²) in [5.74, 6) is 0.407. The van der Waals surface area contributed by atoms with Gasteiger partial charge in [-0.3, -0.25) is 14.4 Å². The highest BCUT2D eigenvalue weighted by atomic mass is 16.6. The van der Waals surface area contributed by atoms with Gasteiger partial charge in [-0.25, -0.2) is 4.79 Å². The summed E-state index contributed by atoms with van der Waals surface area (Å²) in [4.78, 5) is 26.4. The van der Waals surface area contributed by atoms with Crippen LogP contribution in [0, 0.1) is 6.92 Å². The molecule has 2 aromatic rings. The lowest BCUT2D eigenvalue weighted by atomic mass is 10.2. The number of anilines is 1. The molecule has 1 aliphatic heterocycles. The number of nitrogens with one attached hydrogen (secondary N) is 1. The minimum atomic E-state index is -0.515. The van der Waals surface area contributed by atoms with Crippen LogP contribution in [-0.2, 0) is 23.2 Å². The van der Waals surface area contributed by atoms with Crippen LogP contribution in [0.5, 0.6) is 0 Å². The predicted octanol–water partition coefficient (Wildman–Crippen LogP) is 2.47. The highest BCUT2D eigenvalue weighted by Gasteiger charge is 2.35. The Hall–Kier alpha value is -2.83. The van der Waals surface area contributed by atoms with Gasteiger partial charge in [0.2, 0.25) is 5.91 Å². The number of rotatable bonds is 4. The van der Waals surface area contributed by atoms with Gasteiger partial charge in [0.05, 0.1) is 5.69 Å². The number of carbonyl (C=O) groups excluding carboxylic acids is 2. The quantitative estimate of drug-likeness (QED) is 0.926. The first-order valence-corrected chi connectivity index (χ1v) is 8.33. The summed E-state index contributed by atoms with van der Waals surface area (Å²) >= 11 is 0. The van der Waals surface area contributed by atoms with Crippen LogP contribution in [0.2, 0.25) is 0 Å². The zero-order valence-corrected chi connectivity index (χ0v) is 14.4. The molecule has 1 saturated heterocycles. The van der Waals surface area contributed by atoms with Gasteiger partial charge in [-0.2, -0.15) is 5.10 Å². The molecule has 25 heavy (non-hydrogen) atoms. The lowest BCUT2D eigenvalue weighted by Crippen LogP contribution is -2.43. The van der Waals surface area contributed by atoms with E-state index in [1.807, 2.05) is 37.3 Å². The van der Waals surface area contributed by atoms with Gasteiger partial charge in [-0.1, -0.05) is 30.3 Å². The molecule has 7 heteroatoms. The van der Waals surface area contributed by atoms with Gasteiger partial charge in [-0.05, 0) is 25.3 Å². The summed E-state index contributed by atoms with van der Waals surface area (Å²) in [5, 5.41) is 7.05. The molecule has 132 valence electrons. The fourth-order valence-electron chi connectivity index (χ4n) is 3.00. The average Bonchev–Trinajstić information content (AvgIpc) is 3.20. The van der Waals surface area contributed by atoms with E-state index >= 15 is 0 Å². The number of aryl methyl sites for hydroxylation is 2. The zero-order chi connectivity index (χ0) is 17.8. The molecule has 0 saturated carbocycles. The SMILES string of the molecule is Cc1cc(NC(=O)C2CCCN2C(=O)OCc2ccccc2)n(C)n1. The van der Waals surface area contributed by atoms with Crippen molar-refractivity contribution >= 4 is 17.8 Å². The Morgan fingerprint density at radius 3 is 2.76 bits per heavy atom. The van der Waals surface area contributed by atoms with E-state index in [0.29, 0.717) is 18.8 Å². The maximum absolute atomic E-state index is 12.6. The minimum Gasteiger partial charge on any atom is -0.445 e. The number of hydrogen-bond donors (Lipinski definition) is 1. The van der Waals surface area contributed by atoms with E-state index in [-0.39, 0.29) is 12.5 Å². The number of nitrogens with zero attached hydrogens (tertiary/aromatic N) is 3. The zero-order valence-electron chi connectivity index (χ0n) is 14.4. The highest BCUT2D eigenvalue weighted by Crippen LogP contribution is 2.21. The predicted molar refractivity (Wildman–Crippen MR) is 92.9 cm³/mol. The van der Waals surface area contributed by atoms with Crippen molar-refractivity contribution in [2.45, 2.75) is 32.4 Å². The number of ether oxygens (including phenoxy) is 1. The summed E-state index contributed by atoms with van der Waals surface area (Å²) in [6.07, 6.45) is 0.953. The molecule has 0 aliphatic carbocycles. The molecule has 0 spiro atoms. The van der Waals surface area contributed by atoms with Crippen LogP contribution < -0.4 is 5.32 Å².